The molecule has 1 aliphatic rings. The smallest absolute Gasteiger partial charge is 0.340 e. The molecule has 0 fully saturated rings. The number of fused-ring (bicyclic) bond motifs is 1. The third-order valence-corrected chi connectivity index (χ3v) is 4.33. The minimum atomic E-state index is -0.526. The van der Waals surface area contributed by atoms with E-state index >= 15 is 0 Å². The fourth-order valence-electron chi connectivity index (χ4n) is 2.99. The number of benzene rings is 2. The van der Waals surface area contributed by atoms with Crippen molar-refractivity contribution in [2.45, 2.75) is 6.42 Å². The van der Waals surface area contributed by atoms with Crippen molar-refractivity contribution < 1.29 is 14.3 Å². The van der Waals surface area contributed by atoms with E-state index in [-0.39, 0.29) is 12.5 Å². The molecule has 3 aromatic rings. The minimum absolute atomic E-state index is 0.329. The number of hydrogen-bond donors (Lipinski definition) is 1. The first kappa shape index (κ1) is 16.1. The lowest BCUT2D eigenvalue weighted by Gasteiger charge is -2.11. The van der Waals surface area contributed by atoms with Gasteiger partial charge in [-0.05, 0) is 11.6 Å². The van der Waals surface area contributed by atoms with Crippen molar-refractivity contribution in [2.24, 2.45) is 5.10 Å². The van der Waals surface area contributed by atoms with Crippen molar-refractivity contribution in [3.63, 3.8) is 0 Å². The summed E-state index contributed by atoms with van der Waals surface area (Å²) in [6.07, 6.45) is 2.28. The highest BCUT2D eigenvalue weighted by Crippen LogP contribution is 2.19. The van der Waals surface area contributed by atoms with Gasteiger partial charge in [0.25, 0.3) is 5.91 Å². The van der Waals surface area contributed by atoms with Crippen LogP contribution >= 0.6 is 0 Å². The second-order valence-electron chi connectivity index (χ2n) is 6.00. The van der Waals surface area contributed by atoms with Crippen LogP contribution in [0.3, 0.4) is 0 Å². The van der Waals surface area contributed by atoms with Crippen molar-refractivity contribution >= 4 is 28.5 Å². The van der Waals surface area contributed by atoms with E-state index in [1.54, 1.807) is 6.20 Å². The summed E-state index contributed by atoms with van der Waals surface area (Å²) in [6.45, 7) is 0.164. The number of ether oxygens (including phenoxy) is 1. The Labute approximate surface area is 150 Å². The molecule has 0 aliphatic carbocycles. The van der Waals surface area contributed by atoms with Crippen molar-refractivity contribution in [3.8, 4) is 0 Å². The Hall–Kier alpha value is -3.41. The van der Waals surface area contributed by atoms with Crippen LogP contribution in [0.15, 0.2) is 65.9 Å². The van der Waals surface area contributed by atoms with Gasteiger partial charge in [0, 0.05) is 23.5 Å². The van der Waals surface area contributed by atoms with Crippen LogP contribution in [0, 0.1) is 0 Å². The van der Waals surface area contributed by atoms with Crippen molar-refractivity contribution in [1.29, 1.82) is 0 Å². The zero-order valence-corrected chi connectivity index (χ0v) is 14.0. The molecule has 4 rings (SSSR count). The number of carbonyl (C=O) groups excluding carboxylic acids is 2. The van der Waals surface area contributed by atoms with E-state index in [1.165, 1.54) is 5.01 Å². The summed E-state index contributed by atoms with van der Waals surface area (Å²) in [5.41, 5.74) is 3.13. The lowest BCUT2D eigenvalue weighted by Crippen LogP contribution is -2.28. The molecule has 0 spiro atoms. The van der Waals surface area contributed by atoms with Gasteiger partial charge >= 0.3 is 5.97 Å². The fourth-order valence-corrected chi connectivity index (χ4v) is 2.99. The zero-order valence-electron chi connectivity index (χ0n) is 14.0. The van der Waals surface area contributed by atoms with Gasteiger partial charge in [0.2, 0.25) is 0 Å². The second-order valence-corrected chi connectivity index (χ2v) is 6.00. The number of carbonyl (C=O) groups is 2. The van der Waals surface area contributed by atoms with Gasteiger partial charge in [-0.1, -0.05) is 48.5 Å². The van der Waals surface area contributed by atoms with Gasteiger partial charge in [0.15, 0.2) is 6.61 Å². The van der Waals surface area contributed by atoms with Gasteiger partial charge in [-0.15, -0.1) is 0 Å². The average molecular weight is 347 g/mol. The number of nitrogens with zero attached hydrogens (tertiary/aromatic N) is 2. The van der Waals surface area contributed by atoms with Crippen molar-refractivity contribution in [3.05, 3.63) is 71.9 Å². The van der Waals surface area contributed by atoms with Crippen molar-refractivity contribution in [1.82, 2.24) is 9.99 Å². The average Bonchev–Trinajstić information content (AvgIpc) is 3.34. The topological polar surface area (TPSA) is 74.8 Å². The predicted octanol–water partition coefficient (Wildman–Crippen LogP) is 2.96. The standard InChI is InChI=1S/C20H17N3O3/c24-19(23-11-10-17(22-23)14-6-2-1-3-7-14)13-26-20(25)16-12-21-18-9-5-4-8-15(16)18/h1-9,12,21H,10-11,13H2. The van der Waals surface area contributed by atoms with Crippen LogP contribution in [0.1, 0.15) is 22.3 Å². The maximum atomic E-state index is 12.3. The number of hydrogen-bond acceptors (Lipinski definition) is 4. The van der Waals surface area contributed by atoms with E-state index in [2.05, 4.69) is 10.1 Å². The molecule has 0 unspecified atom stereocenters. The molecule has 0 atom stereocenters. The Bertz CT molecular complexity index is 992. The van der Waals surface area contributed by atoms with Crippen LogP contribution in [0.25, 0.3) is 10.9 Å². The first-order chi connectivity index (χ1) is 12.7. The molecule has 6 nitrogen and oxygen atoms in total. The van der Waals surface area contributed by atoms with Crippen molar-refractivity contribution in [2.75, 3.05) is 13.2 Å². The first-order valence-electron chi connectivity index (χ1n) is 8.39. The van der Waals surface area contributed by atoms with Crippen LogP contribution in [0.4, 0.5) is 0 Å². The van der Waals surface area contributed by atoms with Gasteiger partial charge in [-0.25, -0.2) is 9.80 Å². The van der Waals surface area contributed by atoms with Crippen LogP contribution in [-0.2, 0) is 9.53 Å². The van der Waals surface area contributed by atoms with E-state index in [0.29, 0.717) is 18.5 Å². The normalized spacial score (nSPS) is 13.7. The third kappa shape index (κ3) is 3.09. The molecule has 130 valence electrons. The molecular weight excluding hydrogens is 330 g/mol. The Morgan fingerprint density at radius 3 is 2.69 bits per heavy atom. The molecule has 1 amide bonds. The molecule has 2 aromatic carbocycles. The molecule has 0 radical (unpaired) electrons. The number of aromatic amines is 1. The summed E-state index contributed by atoms with van der Waals surface area (Å²) in [7, 11) is 0. The van der Waals surface area contributed by atoms with Gasteiger partial charge in [-0.3, -0.25) is 4.79 Å². The first-order valence-corrected chi connectivity index (χ1v) is 8.39. The van der Waals surface area contributed by atoms with Crippen LogP contribution in [0.5, 0.6) is 0 Å². The maximum absolute atomic E-state index is 12.3. The lowest BCUT2D eigenvalue weighted by atomic mass is 10.1. The molecule has 26 heavy (non-hydrogen) atoms. The van der Waals surface area contributed by atoms with Gasteiger partial charge in [0.1, 0.15) is 0 Å². The number of aromatic nitrogens is 1. The maximum Gasteiger partial charge on any atom is 0.340 e. The fraction of sp³-hybridized carbons (Fsp3) is 0.150. The minimum Gasteiger partial charge on any atom is -0.452 e. The largest absolute Gasteiger partial charge is 0.452 e. The predicted molar refractivity (Wildman–Crippen MR) is 97.9 cm³/mol. The number of amides is 1. The van der Waals surface area contributed by atoms with Crippen LogP contribution in [-0.4, -0.2) is 40.7 Å². The number of nitrogens with one attached hydrogen (secondary N) is 1. The Balaban J connectivity index is 1.40. The third-order valence-electron chi connectivity index (χ3n) is 4.33. The highest BCUT2D eigenvalue weighted by atomic mass is 16.5. The number of para-hydroxylation sites is 1. The Morgan fingerprint density at radius 1 is 1.08 bits per heavy atom. The Morgan fingerprint density at radius 2 is 1.85 bits per heavy atom. The number of H-pyrrole nitrogens is 1. The summed E-state index contributed by atoms with van der Waals surface area (Å²) in [5.74, 6) is -0.855. The van der Waals surface area contributed by atoms with Crippen LogP contribution in [0.2, 0.25) is 0 Å². The van der Waals surface area contributed by atoms with Gasteiger partial charge in [-0.2, -0.15) is 5.10 Å². The quantitative estimate of drug-likeness (QED) is 0.737. The summed E-state index contributed by atoms with van der Waals surface area (Å²) in [4.78, 5) is 27.6. The molecule has 1 N–H and O–H groups in total. The number of esters is 1. The lowest BCUT2D eigenvalue weighted by molar-refractivity contribution is -0.134. The van der Waals surface area contributed by atoms with Gasteiger partial charge in [0.05, 0.1) is 17.8 Å². The molecule has 6 heteroatoms. The molecule has 1 aromatic heterocycles. The monoisotopic (exact) mass is 347 g/mol. The van der Waals surface area contributed by atoms with Crippen LogP contribution < -0.4 is 0 Å². The number of rotatable bonds is 4. The molecule has 2 heterocycles. The SMILES string of the molecule is O=C(OCC(=O)N1CCC(c2ccccc2)=N1)c1c[nH]c2ccccc12. The van der Waals surface area contributed by atoms with E-state index in [0.717, 1.165) is 22.2 Å². The van der Waals surface area contributed by atoms with E-state index in [1.807, 2.05) is 54.6 Å². The molecule has 0 bridgehead atoms. The van der Waals surface area contributed by atoms with E-state index in [9.17, 15) is 9.59 Å². The Kier molecular flexibility index (Phi) is 4.23. The molecule has 0 saturated heterocycles. The molecule has 0 saturated carbocycles. The highest BCUT2D eigenvalue weighted by molar-refractivity contribution is 6.05. The number of hydrazone groups is 1. The highest BCUT2D eigenvalue weighted by Gasteiger charge is 2.23. The van der Waals surface area contributed by atoms with E-state index in [4.69, 9.17) is 4.74 Å². The zero-order chi connectivity index (χ0) is 17.9. The second kappa shape index (κ2) is 6.84. The summed E-state index contributed by atoms with van der Waals surface area (Å²) in [5, 5.41) is 6.49. The summed E-state index contributed by atoms with van der Waals surface area (Å²) < 4.78 is 5.19. The molecule has 1 aliphatic heterocycles. The summed E-state index contributed by atoms with van der Waals surface area (Å²) >= 11 is 0. The summed E-state index contributed by atoms with van der Waals surface area (Å²) in [6, 6.07) is 17.2. The molecular formula is C20H17N3O3. The van der Waals surface area contributed by atoms with Gasteiger partial charge < -0.3 is 9.72 Å². The van der Waals surface area contributed by atoms with E-state index < -0.39 is 5.97 Å².